The molecule has 21 heavy (non-hydrogen) atoms. The molecule has 4 N–H and O–H groups in total. The van der Waals surface area contributed by atoms with Gasteiger partial charge in [0.05, 0.1) is 0 Å². The molecule has 0 saturated carbocycles. The van der Waals surface area contributed by atoms with Gasteiger partial charge in [-0.1, -0.05) is 6.07 Å². The number of benzene rings is 1. The molecule has 0 radical (unpaired) electrons. The number of rotatable bonds is 3. The Morgan fingerprint density at radius 3 is 2.76 bits per heavy atom. The lowest BCUT2D eigenvalue weighted by Crippen LogP contribution is -2.44. The maximum absolute atomic E-state index is 13.2. The molecular formula is C14H17FN6. The van der Waals surface area contributed by atoms with Crippen LogP contribution in [0.2, 0.25) is 0 Å². The number of hydrogen-bond donors (Lipinski definition) is 3. The summed E-state index contributed by atoms with van der Waals surface area (Å²) in [7, 11) is 0. The highest BCUT2D eigenvalue weighted by Crippen LogP contribution is 2.21. The molecule has 2 aromatic rings. The van der Waals surface area contributed by atoms with Crippen molar-refractivity contribution < 1.29 is 4.39 Å². The van der Waals surface area contributed by atoms with Gasteiger partial charge in [0.2, 0.25) is 5.95 Å². The fourth-order valence-corrected chi connectivity index (χ4v) is 2.29. The van der Waals surface area contributed by atoms with Crippen LogP contribution in [0.25, 0.3) is 0 Å². The summed E-state index contributed by atoms with van der Waals surface area (Å²) in [6.07, 6.45) is 0. The predicted octanol–water partition coefficient (Wildman–Crippen LogP) is 1.35. The number of hydrogen-bond acceptors (Lipinski definition) is 6. The largest absolute Gasteiger partial charge is 0.368 e. The first-order chi connectivity index (χ1) is 10.2. The first-order valence-corrected chi connectivity index (χ1v) is 6.83. The zero-order chi connectivity index (χ0) is 14.7. The van der Waals surface area contributed by atoms with Gasteiger partial charge in [0, 0.05) is 37.9 Å². The van der Waals surface area contributed by atoms with Gasteiger partial charge in [-0.05, 0) is 18.2 Å². The molecule has 1 fully saturated rings. The summed E-state index contributed by atoms with van der Waals surface area (Å²) < 4.78 is 13.2. The molecule has 1 aromatic heterocycles. The summed E-state index contributed by atoms with van der Waals surface area (Å²) in [5.41, 5.74) is 6.40. The predicted molar refractivity (Wildman–Crippen MR) is 81.2 cm³/mol. The Bertz CT molecular complexity index is 627. The van der Waals surface area contributed by atoms with E-state index in [1.807, 2.05) is 6.07 Å². The van der Waals surface area contributed by atoms with Crippen molar-refractivity contribution in [1.82, 2.24) is 15.3 Å². The van der Waals surface area contributed by atoms with Crippen molar-refractivity contribution in [3.8, 4) is 0 Å². The van der Waals surface area contributed by atoms with Gasteiger partial charge >= 0.3 is 0 Å². The van der Waals surface area contributed by atoms with Crippen LogP contribution in [0.3, 0.4) is 0 Å². The van der Waals surface area contributed by atoms with Crippen molar-refractivity contribution >= 4 is 23.3 Å². The van der Waals surface area contributed by atoms with Gasteiger partial charge in [0.25, 0.3) is 0 Å². The average molecular weight is 288 g/mol. The molecule has 1 saturated heterocycles. The van der Waals surface area contributed by atoms with E-state index in [0.717, 1.165) is 32.0 Å². The third kappa shape index (κ3) is 3.38. The molecule has 110 valence electrons. The van der Waals surface area contributed by atoms with Crippen LogP contribution in [0.1, 0.15) is 0 Å². The Balaban J connectivity index is 1.83. The van der Waals surface area contributed by atoms with Crippen molar-refractivity contribution in [3.63, 3.8) is 0 Å². The van der Waals surface area contributed by atoms with E-state index < -0.39 is 0 Å². The quantitative estimate of drug-likeness (QED) is 0.791. The Labute approximate surface area is 122 Å². The summed E-state index contributed by atoms with van der Waals surface area (Å²) in [6.45, 7) is 3.57. The normalized spacial score (nSPS) is 15.0. The molecule has 3 rings (SSSR count). The van der Waals surface area contributed by atoms with Gasteiger partial charge in [-0.2, -0.15) is 9.97 Å². The van der Waals surface area contributed by atoms with E-state index in [4.69, 9.17) is 5.73 Å². The lowest BCUT2D eigenvalue weighted by molar-refractivity contribution is 0.585. The van der Waals surface area contributed by atoms with Crippen LogP contribution in [0.5, 0.6) is 0 Å². The fourth-order valence-electron chi connectivity index (χ4n) is 2.29. The highest BCUT2D eigenvalue weighted by atomic mass is 19.1. The van der Waals surface area contributed by atoms with Gasteiger partial charge in [-0.25, -0.2) is 4.39 Å². The molecule has 6 nitrogen and oxygen atoms in total. The van der Waals surface area contributed by atoms with Gasteiger partial charge in [-0.3, -0.25) is 0 Å². The summed E-state index contributed by atoms with van der Waals surface area (Å²) in [6, 6.07) is 8.03. The van der Waals surface area contributed by atoms with E-state index in [2.05, 4.69) is 25.5 Å². The van der Waals surface area contributed by atoms with E-state index >= 15 is 0 Å². The van der Waals surface area contributed by atoms with Crippen LogP contribution in [-0.2, 0) is 0 Å². The van der Waals surface area contributed by atoms with Crippen LogP contribution in [0, 0.1) is 5.82 Å². The van der Waals surface area contributed by atoms with Crippen LogP contribution < -0.4 is 21.3 Å². The second-order valence-corrected chi connectivity index (χ2v) is 4.84. The molecule has 2 heterocycles. The lowest BCUT2D eigenvalue weighted by Gasteiger charge is -2.28. The van der Waals surface area contributed by atoms with Gasteiger partial charge in [-0.15, -0.1) is 0 Å². The molecule has 0 aliphatic carbocycles. The molecule has 0 bridgehead atoms. The number of anilines is 4. The fraction of sp³-hybridized carbons (Fsp3) is 0.286. The monoisotopic (exact) mass is 288 g/mol. The topological polar surface area (TPSA) is 79.1 Å². The number of aromatic nitrogens is 2. The number of nitrogen functional groups attached to an aromatic ring is 1. The molecule has 1 aliphatic heterocycles. The van der Waals surface area contributed by atoms with Gasteiger partial charge in [0.1, 0.15) is 17.5 Å². The SMILES string of the molecule is Nc1nc(Nc2cccc(F)c2)cc(N2CCNCC2)n1. The molecule has 1 aliphatic rings. The Kier molecular flexibility index (Phi) is 3.83. The third-order valence-electron chi connectivity index (χ3n) is 3.27. The average Bonchev–Trinajstić information content (AvgIpc) is 2.47. The highest BCUT2D eigenvalue weighted by Gasteiger charge is 2.13. The molecule has 0 spiro atoms. The van der Waals surface area contributed by atoms with Crippen molar-refractivity contribution in [2.75, 3.05) is 42.1 Å². The number of piperazine rings is 1. The maximum atomic E-state index is 13.2. The molecule has 1 aromatic carbocycles. The van der Waals surface area contributed by atoms with Gasteiger partial charge < -0.3 is 21.3 Å². The first kappa shape index (κ1) is 13.6. The van der Waals surface area contributed by atoms with E-state index in [9.17, 15) is 4.39 Å². The Morgan fingerprint density at radius 2 is 2.00 bits per heavy atom. The standard InChI is InChI=1S/C14H17FN6/c15-10-2-1-3-11(8-10)18-12-9-13(20-14(16)19-12)21-6-4-17-5-7-21/h1-3,8-9,17H,4-7H2,(H3,16,18,19,20). The minimum atomic E-state index is -0.302. The zero-order valence-corrected chi connectivity index (χ0v) is 11.5. The van der Waals surface area contributed by atoms with Crippen LogP contribution in [0.4, 0.5) is 27.7 Å². The van der Waals surface area contributed by atoms with E-state index in [0.29, 0.717) is 11.5 Å². The summed E-state index contributed by atoms with van der Waals surface area (Å²) in [5, 5.41) is 6.34. The molecule has 0 atom stereocenters. The zero-order valence-electron chi connectivity index (χ0n) is 11.5. The lowest BCUT2D eigenvalue weighted by atomic mass is 10.3. The Morgan fingerprint density at radius 1 is 1.19 bits per heavy atom. The smallest absolute Gasteiger partial charge is 0.223 e. The summed E-state index contributed by atoms with van der Waals surface area (Å²) >= 11 is 0. The third-order valence-corrected chi connectivity index (χ3v) is 3.27. The van der Waals surface area contributed by atoms with Crippen molar-refractivity contribution in [1.29, 1.82) is 0 Å². The number of nitrogens with zero attached hydrogens (tertiary/aromatic N) is 3. The highest BCUT2D eigenvalue weighted by molar-refractivity contribution is 5.61. The maximum Gasteiger partial charge on any atom is 0.223 e. The molecule has 0 amide bonds. The van der Waals surface area contributed by atoms with Crippen LogP contribution >= 0.6 is 0 Å². The minimum Gasteiger partial charge on any atom is -0.368 e. The molecule has 0 unspecified atom stereocenters. The second kappa shape index (κ2) is 5.92. The number of nitrogens with two attached hydrogens (primary N) is 1. The van der Waals surface area contributed by atoms with Crippen molar-refractivity contribution in [2.24, 2.45) is 0 Å². The summed E-state index contributed by atoms with van der Waals surface area (Å²) in [5.74, 6) is 1.24. The van der Waals surface area contributed by atoms with Crippen molar-refractivity contribution in [2.45, 2.75) is 0 Å². The molecule has 7 heteroatoms. The second-order valence-electron chi connectivity index (χ2n) is 4.84. The van der Waals surface area contributed by atoms with E-state index in [1.165, 1.54) is 12.1 Å². The number of nitrogens with one attached hydrogen (secondary N) is 2. The number of halogens is 1. The van der Waals surface area contributed by atoms with Crippen molar-refractivity contribution in [3.05, 3.63) is 36.1 Å². The Hall–Kier alpha value is -2.41. The minimum absolute atomic E-state index is 0.199. The van der Waals surface area contributed by atoms with E-state index in [-0.39, 0.29) is 11.8 Å². The summed E-state index contributed by atoms with van der Waals surface area (Å²) in [4.78, 5) is 10.6. The molecular weight excluding hydrogens is 271 g/mol. The van der Waals surface area contributed by atoms with Gasteiger partial charge in [0.15, 0.2) is 0 Å². The van der Waals surface area contributed by atoms with Crippen LogP contribution in [-0.4, -0.2) is 36.1 Å². The van der Waals surface area contributed by atoms with E-state index in [1.54, 1.807) is 12.1 Å². The first-order valence-electron chi connectivity index (χ1n) is 6.83. The van der Waals surface area contributed by atoms with Crippen LogP contribution in [0.15, 0.2) is 30.3 Å².